The number of esters is 1. The van der Waals surface area contributed by atoms with Crippen LogP contribution in [-0.4, -0.2) is 69.2 Å². The lowest BCUT2D eigenvalue weighted by Gasteiger charge is -2.45. The van der Waals surface area contributed by atoms with Crippen LogP contribution in [0.25, 0.3) is 0 Å². The summed E-state index contributed by atoms with van der Waals surface area (Å²) >= 11 is 0. The van der Waals surface area contributed by atoms with Gasteiger partial charge in [-0.15, -0.1) is 0 Å². The van der Waals surface area contributed by atoms with Crippen molar-refractivity contribution in [2.24, 2.45) is 4.99 Å². The molecule has 1 saturated heterocycles. The molecule has 2 aromatic carbocycles. The molecule has 44 heavy (non-hydrogen) atoms. The third-order valence-electron chi connectivity index (χ3n) is 7.93. The molecule has 5 rings (SSSR count). The van der Waals surface area contributed by atoms with Gasteiger partial charge in [0.05, 0.1) is 50.8 Å². The number of anilines is 1. The van der Waals surface area contributed by atoms with Gasteiger partial charge in [-0.3, -0.25) is 4.79 Å². The number of fused-ring (bicyclic) bond motifs is 1. The molecular weight excluding hydrogens is 580 g/mol. The molecule has 0 radical (unpaired) electrons. The number of benzene rings is 2. The molecule has 234 valence electrons. The van der Waals surface area contributed by atoms with E-state index in [9.17, 15) is 18.0 Å². The van der Waals surface area contributed by atoms with Gasteiger partial charge in [0.25, 0.3) is 0 Å². The highest BCUT2D eigenvalue weighted by Crippen LogP contribution is 2.46. The average molecular weight is 615 g/mol. The van der Waals surface area contributed by atoms with Crippen molar-refractivity contribution in [3.8, 4) is 5.75 Å². The number of methoxy groups -OCH3 is 3. The molecule has 1 atom stereocenters. The third kappa shape index (κ3) is 6.39. The van der Waals surface area contributed by atoms with Crippen molar-refractivity contribution < 1.29 is 36.6 Å². The van der Waals surface area contributed by atoms with Crippen molar-refractivity contribution >= 4 is 23.3 Å². The van der Waals surface area contributed by atoms with E-state index in [1.807, 2.05) is 23.1 Å². The van der Waals surface area contributed by atoms with E-state index in [2.05, 4.69) is 11.0 Å². The van der Waals surface area contributed by atoms with E-state index in [0.717, 1.165) is 36.4 Å². The molecule has 8 nitrogen and oxygen atoms in total. The molecule has 0 saturated carbocycles. The Morgan fingerprint density at radius 2 is 1.77 bits per heavy atom. The number of piperazine rings is 1. The SMILES string of the molecule is COC(=O)CC1c2cccc(F)c2N=C(N2CCN(C3=CC=CCCC(OC)=C3)CC2)N1c1cc(C(F)(F)F)ccc1OC. The van der Waals surface area contributed by atoms with Crippen LogP contribution in [0.1, 0.15) is 36.4 Å². The Kier molecular flexibility index (Phi) is 9.17. The summed E-state index contributed by atoms with van der Waals surface area (Å²) in [5.74, 6) is 0.00140. The standard InChI is InChI=1S/C32H34F4N4O4/c1-42-23-9-6-4-5-8-22(19-23)38-14-16-39(17-15-38)31-37-30-24(10-7-11-25(30)33)26(20-29(41)44-3)40(31)27-18-21(32(34,35)36)12-13-28(27)43-2/h4-5,7-8,10-13,18-19,26H,6,9,14-17,20H2,1-3H3. The normalized spacial score (nSPS) is 18.8. The molecule has 1 unspecified atom stereocenters. The Balaban J connectivity index is 1.59. The van der Waals surface area contributed by atoms with Crippen LogP contribution >= 0.6 is 0 Å². The quantitative estimate of drug-likeness (QED) is 0.278. The lowest BCUT2D eigenvalue weighted by molar-refractivity contribution is -0.141. The average Bonchev–Trinajstić information content (AvgIpc) is 3.00. The maximum absolute atomic E-state index is 15.3. The monoisotopic (exact) mass is 614 g/mol. The van der Waals surface area contributed by atoms with Gasteiger partial charge in [-0.2, -0.15) is 13.2 Å². The first-order valence-corrected chi connectivity index (χ1v) is 14.2. The van der Waals surface area contributed by atoms with Crippen LogP contribution in [0.5, 0.6) is 5.75 Å². The second-order valence-corrected chi connectivity index (χ2v) is 10.5. The molecule has 0 aromatic heterocycles. The lowest BCUT2D eigenvalue weighted by atomic mass is 9.96. The second-order valence-electron chi connectivity index (χ2n) is 10.5. The van der Waals surface area contributed by atoms with E-state index >= 15 is 4.39 Å². The van der Waals surface area contributed by atoms with Crippen LogP contribution in [0, 0.1) is 5.82 Å². The Morgan fingerprint density at radius 3 is 2.45 bits per heavy atom. The van der Waals surface area contributed by atoms with Crippen molar-refractivity contribution in [3.63, 3.8) is 0 Å². The highest BCUT2D eigenvalue weighted by atomic mass is 19.4. The fourth-order valence-electron chi connectivity index (χ4n) is 5.64. The zero-order valence-electron chi connectivity index (χ0n) is 24.7. The molecule has 3 aliphatic rings. The zero-order valence-corrected chi connectivity index (χ0v) is 24.7. The number of hydrogen-bond donors (Lipinski definition) is 0. The number of rotatable bonds is 6. The van der Waals surface area contributed by atoms with E-state index in [1.54, 1.807) is 18.1 Å². The summed E-state index contributed by atoms with van der Waals surface area (Å²) in [6.07, 6.45) is 4.85. The predicted octanol–water partition coefficient (Wildman–Crippen LogP) is 6.35. The summed E-state index contributed by atoms with van der Waals surface area (Å²) < 4.78 is 73.1. The number of halogens is 4. The first-order valence-electron chi connectivity index (χ1n) is 14.2. The molecular formula is C32H34F4N4O4. The van der Waals surface area contributed by atoms with Gasteiger partial charge in [0.15, 0.2) is 0 Å². The maximum atomic E-state index is 15.3. The third-order valence-corrected chi connectivity index (χ3v) is 7.93. The molecule has 2 aliphatic heterocycles. The molecule has 1 fully saturated rings. The summed E-state index contributed by atoms with van der Waals surface area (Å²) in [5.41, 5.74) is 0.499. The summed E-state index contributed by atoms with van der Waals surface area (Å²) in [7, 11) is 4.23. The maximum Gasteiger partial charge on any atom is 0.416 e. The molecule has 0 N–H and O–H groups in total. The largest absolute Gasteiger partial charge is 0.501 e. The molecule has 1 aliphatic carbocycles. The molecule has 0 bridgehead atoms. The van der Waals surface area contributed by atoms with Crippen molar-refractivity contribution in [2.75, 3.05) is 52.4 Å². The number of hydrogen-bond acceptors (Lipinski definition) is 8. The Hall–Kier alpha value is -4.48. The number of carbonyl (C=O) groups is 1. The number of alkyl halides is 3. The van der Waals surface area contributed by atoms with Gasteiger partial charge in [0, 0.05) is 43.9 Å². The van der Waals surface area contributed by atoms with Gasteiger partial charge in [-0.1, -0.05) is 24.3 Å². The number of aliphatic imine (C=N–C) groups is 1. The Labute approximate surface area is 253 Å². The Bertz CT molecular complexity index is 1510. The van der Waals surface area contributed by atoms with E-state index in [1.165, 1.54) is 32.4 Å². The van der Waals surface area contributed by atoms with E-state index in [-0.39, 0.29) is 29.5 Å². The van der Waals surface area contributed by atoms with E-state index in [0.29, 0.717) is 31.7 Å². The van der Waals surface area contributed by atoms with Gasteiger partial charge in [0.1, 0.15) is 17.3 Å². The van der Waals surface area contributed by atoms with Crippen LogP contribution in [0.2, 0.25) is 0 Å². The summed E-state index contributed by atoms with van der Waals surface area (Å²) in [4.78, 5) is 23.0. The van der Waals surface area contributed by atoms with Gasteiger partial charge in [-0.05, 0) is 42.8 Å². The molecule has 12 heteroatoms. The van der Waals surface area contributed by atoms with E-state index < -0.39 is 29.6 Å². The number of carbonyl (C=O) groups excluding carboxylic acids is 1. The number of para-hydroxylation sites is 1. The summed E-state index contributed by atoms with van der Waals surface area (Å²) in [6, 6.07) is 6.58. The topological polar surface area (TPSA) is 66.8 Å². The molecule has 0 amide bonds. The van der Waals surface area contributed by atoms with Gasteiger partial charge in [0.2, 0.25) is 5.96 Å². The number of ether oxygens (including phenoxy) is 3. The molecule has 0 spiro atoms. The van der Waals surface area contributed by atoms with E-state index in [4.69, 9.17) is 19.2 Å². The minimum absolute atomic E-state index is 0.0292. The fourth-order valence-corrected chi connectivity index (χ4v) is 5.64. The van der Waals surface area contributed by atoms with Crippen LogP contribution in [0.3, 0.4) is 0 Å². The zero-order chi connectivity index (χ0) is 31.4. The first-order chi connectivity index (χ1) is 21.1. The van der Waals surface area contributed by atoms with Crippen molar-refractivity contribution in [1.29, 1.82) is 0 Å². The van der Waals surface area contributed by atoms with Crippen LogP contribution in [0.4, 0.5) is 28.9 Å². The first kappa shape index (κ1) is 31.0. The number of nitrogens with zero attached hydrogens (tertiary/aromatic N) is 4. The van der Waals surface area contributed by atoms with Gasteiger partial charge < -0.3 is 28.9 Å². The summed E-state index contributed by atoms with van der Waals surface area (Å²) in [5, 5.41) is 0. The summed E-state index contributed by atoms with van der Waals surface area (Å²) in [6.45, 7) is 1.93. The number of allylic oxidation sites excluding steroid dienone is 5. The van der Waals surface area contributed by atoms with Crippen LogP contribution < -0.4 is 9.64 Å². The minimum Gasteiger partial charge on any atom is -0.501 e. The molecule has 2 heterocycles. The van der Waals surface area contributed by atoms with Crippen LogP contribution in [0.15, 0.2) is 77.2 Å². The highest BCUT2D eigenvalue weighted by molar-refractivity contribution is 6.02. The fraction of sp³-hybridized carbons (Fsp3) is 0.375. The molecule has 2 aromatic rings. The van der Waals surface area contributed by atoms with Crippen molar-refractivity contribution in [2.45, 2.75) is 31.5 Å². The second kappa shape index (κ2) is 13.0. The van der Waals surface area contributed by atoms with Crippen molar-refractivity contribution in [3.05, 3.63) is 89.1 Å². The smallest absolute Gasteiger partial charge is 0.416 e. The minimum atomic E-state index is -4.64. The number of guanidine groups is 1. The highest BCUT2D eigenvalue weighted by Gasteiger charge is 2.40. The lowest BCUT2D eigenvalue weighted by Crippen LogP contribution is -2.55. The predicted molar refractivity (Wildman–Crippen MR) is 158 cm³/mol. The van der Waals surface area contributed by atoms with Gasteiger partial charge >= 0.3 is 12.1 Å². The van der Waals surface area contributed by atoms with Crippen molar-refractivity contribution in [1.82, 2.24) is 9.80 Å². The van der Waals surface area contributed by atoms with Gasteiger partial charge in [-0.25, -0.2) is 9.38 Å². The Morgan fingerprint density at radius 1 is 1.02 bits per heavy atom. The van der Waals surface area contributed by atoms with Crippen LogP contribution in [-0.2, 0) is 20.4 Å².